The largest absolute Gasteiger partial charge is 0.379 e. The van der Waals surface area contributed by atoms with Crippen molar-refractivity contribution in [2.24, 2.45) is 11.8 Å². The molecule has 2 fully saturated rings. The maximum absolute atomic E-state index is 12.4. The summed E-state index contributed by atoms with van der Waals surface area (Å²) in [5.74, 6) is 4.28. The lowest BCUT2D eigenvalue weighted by atomic mass is 9.81. The van der Waals surface area contributed by atoms with Crippen molar-refractivity contribution in [2.75, 3.05) is 53.0 Å². The van der Waals surface area contributed by atoms with E-state index in [9.17, 15) is 4.79 Å². The number of rotatable bonds is 7. The number of piperidine rings is 1. The second-order valence-electron chi connectivity index (χ2n) is 7.55. The highest BCUT2D eigenvalue weighted by atomic mass is 16.5. The normalized spacial score (nSPS) is 23.7. The zero-order valence-electron chi connectivity index (χ0n) is 16.2. The summed E-state index contributed by atoms with van der Waals surface area (Å²) in [7, 11) is 1.77. The van der Waals surface area contributed by atoms with Crippen LogP contribution in [0.2, 0.25) is 0 Å². The van der Waals surface area contributed by atoms with E-state index >= 15 is 0 Å². The van der Waals surface area contributed by atoms with E-state index in [4.69, 9.17) is 15.7 Å². The summed E-state index contributed by atoms with van der Waals surface area (Å²) in [6.45, 7) is 6.41. The number of aromatic nitrogens is 1. The highest BCUT2D eigenvalue weighted by molar-refractivity contribution is 5.76. The molecule has 7 nitrogen and oxygen atoms in total. The summed E-state index contributed by atoms with van der Waals surface area (Å²) >= 11 is 0. The molecule has 0 saturated carbocycles. The molecule has 2 saturated heterocycles. The molecule has 1 aromatic heterocycles. The molecule has 1 N–H and O–H groups in total. The number of nitrogens with one attached hydrogen (secondary N) is 1. The standard InChI is InChI=1S/C20H30N4O3/c1-3-6-23(2)20(25)12-16-4-5-21-14-17(16)11-18-13-19(27-22-18)15-24-7-9-26-10-8-24/h1,13,16-17,21H,4-12,14-15H2,2H3/t16-,17+/m1/s1. The SMILES string of the molecule is C#CCN(C)C(=O)C[C@H]1CCNC[C@@H]1Cc1cc(CN2CCOCC2)on1. The van der Waals surface area contributed by atoms with E-state index in [1.807, 2.05) is 0 Å². The van der Waals surface area contributed by atoms with Gasteiger partial charge in [0.2, 0.25) is 5.91 Å². The minimum absolute atomic E-state index is 0.123. The first-order valence-corrected chi connectivity index (χ1v) is 9.78. The zero-order chi connectivity index (χ0) is 19.1. The minimum Gasteiger partial charge on any atom is -0.379 e. The Morgan fingerprint density at radius 1 is 1.44 bits per heavy atom. The van der Waals surface area contributed by atoms with Crippen LogP contribution in [-0.4, -0.2) is 73.8 Å². The molecule has 0 bridgehead atoms. The van der Waals surface area contributed by atoms with Gasteiger partial charge in [-0.3, -0.25) is 9.69 Å². The number of hydrogen-bond donors (Lipinski definition) is 1. The summed E-state index contributed by atoms with van der Waals surface area (Å²) in [5, 5.41) is 7.72. The maximum atomic E-state index is 12.4. The van der Waals surface area contributed by atoms with Gasteiger partial charge in [-0.15, -0.1) is 6.42 Å². The molecule has 0 radical (unpaired) electrons. The van der Waals surface area contributed by atoms with Gasteiger partial charge in [0.1, 0.15) is 0 Å². The van der Waals surface area contributed by atoms with E-state index in [1.54, 1.807) is 11.9 Å². The number of ether oxygens (including phenoxy) is 1. The summed E-state index contributed by atoms with van der Waals surface area (Å²) in [6, 6.07) is 2.06. The second kappa shape index (κ2) is 9.88. The molecule has 0 spiro atoms. The predicted octanol–water partition coefficient (Wildman–Crippen LogP) is 0.757. The summed E-state index contributed by atoms with van der Waals surface area (Å²) in [6.07, 6.45) is 7.69. The van der Waals surface area contributed by atoms with Gasteiger partial charge >= 0.3 is 0 Å². The van der Waals surface area contributed by atoms with E-state index in [0.29, 0.717) is 24.8 Å². The number of hydrogen-bond acceptors (Lipinski definition) is 6. The molecule has 2 aliphatic heterocycles. The van der Waals surface area contributed by atoms with E-state index in [0.717, 1.165) is 70.2 Å². The van der Waals surface area contributed by atoms with Gasteiger partial charge in [0, 0.05) is 32.6 Å². The van der Waals surface area contributed by atoms with Gasteiger partial charge in [-0.2, -0.15) is 0 Å². The van der Waals surface area contributed by atoms with Crippen molar-refractivity contribution >= 4 is 5.91 Å². The van der Waals surface area contributed by atoms with Crippen molar-refractivity contribution in [3.63, 3.8) is 0 Å². The van der Waals surface area contributed by atoms with Crippen LogP contribution >= 0.6 is 0 Å². The van der Waals surface area contributed by atoms with Crippen molar-refractivity contribution in [3.8, 4) is 12.3 Å². The first-order chi connectivity index (χ1) is 13.2. The number of nitrogens with zero attached hydrogens (tertiary/aromatic N) is 3. The molecule has 3 heterocycles. The predicted molar refractivity (Wildman–Crippen MR) is 102 cm³/mol. The molecular formula is C20H30N4O3. The Morgan fingerprint density at radius 2 is 2.26 bits per heavy atom. The fraction of sp³-hybridized carbons (Fsp3) is 0.700. The topological polar surface area (TPSA) is 70.8 Å². The van der Waals surface area contributed by atoms with Crippen LogP contribution < -0.4 is 5.32 Å². The average molecular weight is 374 g/mol. The van der Waals surface area contributed by atoms with E-state index < -0.39 is 0 Å². The number of morpholine rings is 1. The molecule has 0 aromatic carbocycles. The molecular weight excluding hydrogens is 344 g/mol. The Balaban J connectivity index is 1.54. The minimum atomic E-state index is 0.123. The van der Waals surface area contributed by atoms with Gasteiger partial charge in [-0.1, -0.05) is 11.1 Å². The zero-order valence-corrected chi connectivity index (χ0v) is 16.2. The molecule has 2 atom stereocenters. The molecule has 2 aliphatic rings. The van der Waals surface area contributed by atoms with Crippen molar-refractivity contribution in [1.82, 2.24) is 20.3 Å². The van der Waals surface area contributed by atoms with Crippen LogP contribution in [0.15, 0.2) is 10.6 Å². The van der Waals surface area contributed by atoms with Crippen molar-refractivity contribution < 1.29 is 14.1 Å². The van der Waals surface area contributed by atoms with Crippen LogP contribution in [0.25, 0.3) is 0 Å². The molecule has 7 heteroatoms. The lowest BCUT2D eigenvalue weighted by Crippen LogP contribution is -2.40. The Bertz CT molecular complexity index is 648. The number of amides is 1. The van der Waals surface area contributed by atoms with Crippen molar-refractivity contribution in [3.05, 3.63) is 17.5 Å². The van der Waals surface area contributed by atoms with Crippen molar-refractivity contribution in [1.29, 1.82) is 0 Å². The lowest BCUT2D eigenvalue weighted by molar-refractivity contribution is -0.131. The molecule has 148 valence electrons. The Morgan fingerprint density at radius 3 is 3.04 bits per heavy atom. The van der Waals surface area contributed by atoms with E-state index in [-0.39, 0.29) is 5.91 Å². The molecule has 1 amide bonds. The van der Waals surface area contributed by atoms with Crippen LogP contribution in [0.3, 0.4) is 0 Å². The lowest BCUT2D eigenvalue weighted by Gasteiger charge is -2.32. The first-order valence-electron chi connectivity index (χ1n) is 9.78. The molecule has 3 rings (SSSR count). The Hall–Kier alpha value is -1.88. The van der Waals surface area contributed by atoms with Gasteiger partial charge in [0.15, 0.2) is 5.76 Å². The van der Waals surface area contributed by atoms with Crippen LogP contribution in [0.1, 0.15) is 24.3 Å². The second-order valence-corrected chi connectivity index (χ2v) is 7.55. The third kappa shape index (κ3) is 5.80. The number of terminal acetylenes is 1. The summed E-state index contributed by atoms with van der Waals surface area (Å²) in [4.78, 5) is 16.3. The molecule has 0 unspecified atom stereocenters. The van der Waals surface area contributed by atoms with Gasteiger partial charge in [0.05, 0.1) is 32.0 Å². The highest BCUT2D eigenvalue weighted by Gasteiger charge is 2.29. The fourth-order valence-corrected chi connectivity index (χ4v) is 3.86. The van der Waals surface area contributed by atoms with Gasteiger partial charge in [0.25, 0.3) is 0 Å². The fourth-order valence-electron chi connectivity index (χ4n) is 3.86. The maximum Gasteiger partial charge on any atom is 0.223 e. The monoisotopic (exact) mass is 374 g/mol. The van der Waals surface area contributed by atoms with Gasteiger partial charge in [-0.05, 0) is 37.8 Å². The van der Waals surface area contributed by atoms with Crippen LogP contribution in [0.4, 0.5) is 0 Å². The first kappa shape index (κ1) is 19.9. The van der Waals surface area contributed by atoms with Gasteiger partial charge < -0.3 is 19.5 Å². The van der Waals surface area contributed by atoms with Crippen LogP contribution in [-0.2, 0) is 22.5 Å². The number of carbonyl (C=O) groups excluding carboxylic acids is 1. The highest BCUT2D eigenvalue weighted by Crippen LogP contribution is 2.27. The quantitative estimate of drug-likeness (QED) is 0.711. The van der Waals surface area contributed by atoms with Crippen LogP contribution in [0.5, 0.6) is 0 Å². The van der Waals surface area contributed by atoms with Crippen LogP contribution in [0, 0.1) is 24.2 Å². The molecule has 27 heavy (non-hydrogen) atoms. The molecule has 0 aliphatic carbocycles. The number of carbonyl (C=O) groups is 1. The van der Waals surface area contributed by atoms with E-state index in [1.165, 1.54) is 0 Å². The molecule has 1 aromatic rings. The van der Waals surface area contributed by atoms with Gasteiger partial charge in [-0.25, -0.2) is 0 Å². The Labute approximate surface area is 161 Å². The third-order valence-electron chi connectivity index (χ3n) is 5.52. The summed E-state index contributed by atoms with van der Waals surface area (Å²) in [5.41, 5.74) is 0.974. The average Bonchev–Trinajstić information content (AvgIpc) is 3.11. The van der Waals surface area contributed by atoms with Crippen molar-refractivity contribution in [2.45, 2.75) is 25.8 Å². The summed E-state index contributed by atoms with van der Waals surface area (Å²) < 4.78 is 10.9. The Kier molecular flexibility index (Phi) is 7.27. The smallest absolute Gasteiger partial charge is 0.223 e. The third-order valence-corrected chi connectivity index (χ3v) is 5.52. The van der Waals surface area contributed by atoms with E-state index in [2.05, 4.69) is 27.4 Å².